The van der Waals surface area contributed by atoms with Crippen LogP contribution in [0.2, 0.25) is 5.02 Å². The number of para-hydroxylation sites is 1. The molecule has 3 nitrogen and oxygen atoms in total. The second-order valence-corrected chi connectivity index (χ2v) is 4.63. The van der Waals surface area contributed by atoms with E-state index < -0.39 is 0 Å². The zero-order valence-corrected chi connectivity index (χ0v) is 11.5. The van der Waals surface area contributed by atoms with Gasteiger partial charge in [0.2, 0.25) is 0 Å². The van der Waals surface area contributed by atoms with Crippen molar-refractivity contribution in [3.05, 3.63) is 35.0 Å². The lowest BCUT2D eigenvalue weighted by atomic mass is 10.2. The van der Waals surface area contributed by atoms with Crippen LogP contribution in [-0.4, -0.2) is 20.3 Å². The molecule has 0 saturated carbocycles. The van der Waals surface area contributed by atoms with E-state index in [2.05, 4.69) is 12.2 Å². The number of hydrogen-bond acceptors (Lipinski definition) is 3. The van der Waals surface area contributed by atoms with Crippen LogP contribution in [0.5, 0.6) is 0 Å². The predicted molar refractivity (Wildman–Crippen MR) is 74.1 cm³/mol. The molecule has 0 saturated heterocycles. The second-order valence-electron chi connectivity index (χ2n) is 4.22. The van der Waals surface area contributed by atoms with Gasteiger partial charge in [-0.05, 0) is 25.6 Å². The fourth-order valence-electron chi connectivity index (χ4n) is 1.87. The number of nitrogens with one attached hydrogen (secondary N) is 1. The van der Waals surface area contributed by atoms with Crippen LogP contribution >= 0.6 is 11.6 Å². The van der Waals surface area contributed by atoms with E-state index in [0.29, 0.717) is 11.6 Å². The summed E-state index contributed by atoms with van der Waals surface area (Å²) < 4.78 is 11.4. The third-order valence-electron chi connectivity index (χ3n) is 2.84. The van der Waals surface area contributed by atoms with E-state index in [-0.39, 0.29) is 6.04 Å². The van der Waals surface area contributed by atoms with Crippen molar-refractivity contribution in [3.8, 4) is 0 Å². The van der Waals surface area contributed by atoms with Crippen molar-refractivity contribution in [1.29, 1.82) is 0 Å². The van der Waals surface area contributed by atoms with Crippen molar-refractivity contribution in [2.24, 2.45) is 0 Å². The molecule has 0 amide bonds. The molecule has 2 rings (SSSR count). The third kappa shape index (κ3) is 2.86. The fraction of sp³-hybridized carbons (Fsp3) is 0.429. The number of likely N-dealkylation sites (N-methyl/N-ethyl adjacent to an activating group) is 1. The van der Waals surface area contributed by atoms with Crippen molar-refractivity contribution >= 4 is 22.6 Å². The van der Waals surface area contributed by atoms with Gasteiger partial charge in [-0.2, -0.15) is 0 Å². The maximum Gasteiger partial charge on any atom is 0.152 e. The molecule has 0 radical (unpaired) electrons. The van der Waals surface area contributed by atoms with Crippen molar-refractivity contribution < 1.29 is 9.15 Å². The van der Waals surface area contributed by atoms with Crippen molar-refractivity contribution in [3.63, 3.8) is 0 Å². The molecule has 0 bridgehead atoms. The summed E-state index contributed by atoms with van der Waals surface area (Å²) in [6.45, 7) is 3.45. The molecule has 4 heteroatoms. The molecule has 1 unspecified atom stereocenters. The number of furan rings is 1. The van der Waals surface area contributed by atoms with Crippen LogP contribution in [0, 0.1) is 0 Å². The number of hydrogen-bond donors (Lipinski definition) is 1. The molecule has 1 atom stereocenters. The first-order valence-electron chi connectivity index (χ1n) is 6.19. The van der Waals surface area contributed by atoms with Crippen LogP contribution in [0.15, 0.2) is 28.7 Å². The topological polar surface area (TPSA) is 34.4 Å². The molecule has 1 N–H and O–H groups in total. The van der Waals surface area contributed by atoms with E-state index in [9.17, 15) is 0 Å². The Morgan fingerprint density at radius 1 is 1.44 bits per heavy atom. The molecule has 18 heavy (non-hydrogen) atoms. The van der Waals surface area contributed by atoms with Crippen molar-refractivity contribution in [2.45, 2.75) is 19.4 Å². The number of halogens is 1. The van der Waals surface area contributed by atoms with Gasteiger partial charge in [-0.3, -0.25) is 0 Å². The van der Waals surface area contributed by atoms with Crippen molar-refractivity contribution in [1.82, 2.24) is 5.32 Å². The first kappa shape index (κ1) is 13.4. The van der Waals surface area contributed by atoms with Crippen LogP contribution in [-0.2, 0) is 4.74 Å². The molecular weight excluding hydrogens is 250 g/mol. The highest BCUT2D eigenvalue weighted by molar-refractivity contribution is 6.34. The molecule has 0 spiro atoms. The molecule has 0 aliphatic carbocycles. The minimum Gasteiger partial charge on any atom is -0.458 e. The largest absolute Gasteiger partial charge is 0.458 e. The number of rotatable bonds is 6. The van der Waals surface area contributed by atoms with Gasteiger partial charge in [0.05, 0.1) is 17.7 Å². The first-order valence-corrected chi connectivity index (χ1v) is 6.57. The van der Waals surface area contributed by atoms with Crippen LogP contribution in [0.3, 0.4) is 0 Å². The molecule has 0 aliphatic rings. The summed E-state index contributed by atoms with van der Waals surface area (Å²) in [7, 11) is 1.90. The minimum absolute atomic E-state index is 0.0556. The van der Waals surface area contributed by atoms with Gasteiger partial charge in [0.25, 0.3) is 0 Å². The Labute approximate surface area is 112 Å². The van der Waals surface area contributed by atoms with Gasteiger partial charge in [0.15, 0.2) is 5.58 Å². The standard InChI is InChI=1S/C14H18ClNO2/c1-3-7-17-9-12(16-2)13-8-10-5-4-6-11(15)14(10)18-13/h4-6,8,12,16H,3,7,9H2,1-2H3. The van der Waals surface area contributed by atoms with E-state index in [1.54, 1.807) is 0 Å². The summed E-state index contributed by atoms with van der Waals surface area (Å²) in [5, 5.41) is 4.86. The SMILES string of the molecule is CCCOCC(NC)c1cc2cccc(Cl)c2o1. The molecule has 1 heterocycles. The lowest BCUT2D eigenvalue weighted by Gasteiger charge is -2.13. The van der Waals surface area contributed by atoms with E-state index >= 15 is 0 Å². The Kier molecular flexibility index (Phi) is 4.64. The minimum atomic E-state index is 0.0556. The summed E-state index contributed by atoms with van der Waals surface area (Å²) in [5.41, 5.74) is 0.741. The Balaban J connectivity index is 2.20. The lowest BCUT2D eigenvalue weighted by molar-refractivity contribution is 0.108. The molecule has 0 aliphatic heterocycles. The average molecular weight is 268 g/mol. The number of benzene rings is 1. The highest BCUT2D eigenvalue weighted by Gasteiger charge is 2.15. The van der Waals surface area contributed by atoms with Crippen LogP contribution < -0.4 is 5.32 Å². The van der Waals surface area contributed by atoms with Crippen LogP contribution in [0.1, 0.15) is 25.1 Å². The molecule has 0 fully saturated rings. The smallest absolute Gasteiger partial charge is 0.152 e. The monoisotopic (exact) mass is 267 g/mol. The predicted octanol–water partition coefficient (Wildman–Crippen LogP) is 3.77. The van der Waals surface area contributed by atoms with Crippen molar-refractivity contribution in [2.75, 3.05) is 20.3 Å². The maximum atomic E-state index is 6.10. The Morgan fingerprint density at radius 3 is 2.94 bits per heavy atom. The van der Waals surface area contributed by atoms with Gasteiger partial charge in [-0.25, -0.2) is 0 Å². The normalized spacial score (nSPS) is 13.1. The molecule has 2 aromatic rings. The van der Waals surface area contributed by atoms with E-state index in [0.717, 1.165) is 29.8 Å². The Bertz CT molecular complexity index is 509. The quantitative estimate of drug-likeness (QED) is 0.809. The number of fused-ring (bicyclic) bond motifs is 1. The highest BCUT2D eigenvalue weighted by atomic mass is 35.5. The molecule has 1 aromatic heterocycles. The Hall–Kier alpha value is -1.03. The third-order valence-corrected chi connectivity index (χ3v) is 3.14. The summed E-state index contributed by atoms with van der Waals surface area (Å²) in [5.74, 6) is 0.858. The number of ether oxygens (including phenoxy) is 1. The van der Waals surface area contributed by atoms with Crippen LogP contribution in [0.25, 0.3) is 11.0 Å². The van der Waals surface area contributed by atoms with E-state index in [4.69, 9.17) is 20.8 Å². The summed E-state index contributed by atoms with van der Waals surface area (Å²) in [6, 6.07) is 7.82. The van der Waals surface area contributed by atoms with Gasteiger partial charge in [0, 0.05) is 12.0 Å². The first-order chi connectivity index (χ1) is 8.76. The summed E-state index contributed by atoms with van der Waals surface area (Å²) in [4.78, 5) is 0. The summed E-state index contributed by atoms with van der Waals surface area (Å²) >= 11 is 6.10. The lowest BCUT2D eigenvalue weighted by Crippen LogP contribution is -2.21. The highest BCUT2D eigenvalue weighted by Crippen LogP contribution is 2.29. The molecule has 1 aromatic carbocycles. The fourth-order valence-corrected chi connectivity index (χ4v) is 2.09. The Morgan fingerprint density at radius 2 is 2.28 bits per heavy atom. The zero-order chi connectivity index (χ0) is 13.0. The van der Waals surface area contributed by atoms with Gasteiger partial charge >= 0.3 is 0 Å². The van der Waals surface area contributed by atoms with E-state index in [1.165, 1.54) is 0 Å². The zero-order valence-electron chi connectivity index (χ0n) is 10.7. The van der Waals surface area contributed by atoms with Gasteiger partial charge in [-0.1, -0.05) is 30.7 Å². The molecular formula is C14H18ClNO2. The molecule has 98 valence electrons. The second kappa shape index (κ2) is 6.23. The summed E-state index contributed by atoms with van der Waals surface area (Å²) in [6.07, 6.45) is 1.02. The van der Waals surface area contributed by atoms with Crippen LogP contribution in [0.4, 0.5) is 0 Å². The average Bonchev–Trinajstić information content (AvgIpc) is 2.80. The van der Waals surface area contributed by atoms with Gasteiger partial charge in [0.1, 0.15) is 5.76 Å². The maximum absolute atomic E-state index is 6.10. The van der Waals surface area contributed by atoms with E-state index in [1.807, 2.05) is 31.3 Å². The van der Waals surface area contributed by atoms with Gasteiger partial charge < -0.3 is 14.5 Å². The van der Waals surface area contributed by atoms with Gasteiger partial charge in [-0.15, -0.1) is 0 Å².